The molecule has 1 aromatic rings. The van der Waals surface area contributed by atoms with E-state index < -0.39 is 17.6 Å². The number of rotatable bonds is 0. The van der Waals surface area contributed by atoms with Gasteiger partial charge >= 0.3 is 0 Å². The summed E-state index contributed by atoms with van der Waals surface area (Å²) in [6.07, 6.45) is 0.498. The first kappa shape index (κ1) is 9.83. The summed E-state index contributed by atoms with van der Waals surface area (Å²) in [6.45, 7) is 0. The molecule has 0 radical (unpaired) electrons. The van der Waals surface area contributed by atoms with Crippen LogP contribution in [-0.2, 0) is 0 Å². The summed E-state index contributed by atoms with van der Waals surface area (Å²) in [4.78, 5) is 0. The zero-order chi connectivity index (χ0) is 8.85. The van der Waals surface area contributed by atoms with Gasteiger partial charge in [-0.05, 0) is 0 Å². The number of hydrogen-bond donors (Lipinski definition) is 1. The zero-order valence-corrected chi connectivity index (χ0v) is 5.55. The average Bonchev–Trinajstić information content (AvgIpc) is 2.04. The highest BCUT2D eigenvalue weighted by molar-refractivity contribution is 4.93. The van der Waals surface area contributed by atoms with Crippen LogP contribution in [0.5, 0.6) is 0 Å². The van der Waals surface area contributed by atoms with Crippen molar-refractivity contribution in [1.29, 1.82) is 0 Å². The third-order valence-corrected chi connectivity index (χ3v) is 0.707. The highest BCUT2D eigenvalue weighted by Gasteiger charge is 2.07. The molecule has 6 heteroatoms. The molecule has 0 amide bonds. The molecule has 0 aliphatic heterocycles. The van der Waals surface area contributed by atoms with Crippen LogP contribution in [0.4, 0.5) is 13.2 Å². The third kappa shape index (κ3) is 2.50. The fraction of sp³-hybridized carbons (Fsp3) is 0.200. The minimum atomic E-state index is -1.59. The molecule has 0 saturated heterocycles. The lowest BCUT2D eigenvalue weighted by Gasteiger charge is -1.87. The van der Waals surface area contributed by atoms with E-state index in [0.29, 0.717) is 6.20 Å². The smallest absolute Gasteiger partial charge is 0.271 e. The van der Waals surface area contributed by atoms with Gasteiger partial charge in [-0.2, -0.15) is 13.9 Å². The first-order chi connectivity index (χ1) is 5.22. The molecule has 1 aromatic heterocycles. The van der Waals surface area contributed by atoms with Crippen molar-refractivity contribution in [2.75, 3.05) is 7.11 Å². The summed E-state index contributed by atoms with van der Waals surface area (Å²) >= 11 is 0. The maximum Gasteiger partial charge on any atom is 0.271 e. The van der Waals surface area contributed by atoms with E-state index in [1.165, 1.54) is 0 Å². The van der Waals surface area contributed by atoms with Gasteiger partial charge in [0.05, 0.1) is 6.20 Å². The van der Waals surface area contributed by atoms with Crippen molar-refractivity contribution in [2.45, 2.75) is 0 Å². The van der Waals surface area contributed by atoms with Crippen LogP contribution in [0.2, 0.25) is 0 Å². The number of aliphatic hydroxyl groups is 1. The lowest BCUT2D eigenvalue weighted by molar-refractivity contribution is 0.399. The van der Waals surface area contributed by atoms with Crippen molar-refractivity contribution in [3.8, 4) is 0 Å². The van der Waals surface area contributed by atoms with Crippen molar-refractivity contribution in [3.63, 3.8) is 0 Å². The van der Waals surface area contributed by atoms with Crippen molar-refractivity contribution >= 4 is 0 Å². The second-order valence-corrected chi connectivity index (χ2v) is 1.30. The summed E-state index contributed by atoms with van der Waals surface area (Å²) in [7, 11) is 1.00. The van der Waals surface area contributed by atoms with Crippen LogP contribution >= 0.6 is 0 Å². The van der Waals surface area contributed by atoms with E-state index in [1.54, 1.807) is 0 Å². The van der Waals surface area contributed by atoms with Gasteiger partial charge < -0.3 is 5.11 Å². The molecular weight excluding hydrogens is 161 g/mol. The molecule has 0 atom stereocenters. The summed E-state index contributed by atoms with van der Waals surface area (Å²) in [5.74, 6) is -4.44. The summed E-state index contributed by atoms with van der Waals surface area (Å²) < 4.78 is 35.5. The predicted molar refractivity (Wildman–Crippen MR) is 30.0 cm³/mol. The molecule has 0 bridgehead atoms. The van der Waals surface area contributed by atoms with E-state index >= 15 is 0 Å². The van der Waals surface area contributed by atoms with Gasteiger partial charge in [-0.25, -0.2) is 4.39 Å². The molecule has 0 unspecified atom stereocenters. The van der Waals surface area contributed by atoms with Crippen LogP contribution in [-0.4, -0.2) is 22.4 Å². The monoisotopic (exact) mass is 166 g/mol. The largest absolute Gasteiger partial charge is 0.400 e. The normalized spacial score (nSPS) is 8.45. The molecular formula is C5H5F3N2O. The zero-order valence-electron chi connectivity index (χ0n) is 5.55. The van der Waals surface area contributed by atoms with Crippen LogP contribution in [0.15, 0.2) is 6.20 Å². The number of halogens is 3. The van der Waals surface area contributed by atoms with Crippen LogP contribution < -0.4 is 0 Å². The minimum Gasteiger partial charge on any atom is -0.400 e. The van der Waals surface area contributed by atoms with E-state index in [2.05, 4.69) is 10.2 Å². The standard InChI is InChI=1S/C4HF3N2.CH4O/c5-2-1-8-9-4(7)3(2)6;1-2/h1H;2H,1H3. The van der Waals surface area contributed by atoms with E-state index in [-0.39, 0.29) is 0 Å². The Labute approximate surface area is 60.5 Å². The highest BCUT2D eigenvalue weighted by atomic mass is 19.2. The minimum absolute atomic E-state index is 0.498. The molecule has 1 rings (SSSR count). The predicted octanol–water partition coefficient (Wildman–Crippen LogP) is 0.502. The lowest BCUT2D eigenvalue weighted by Crippen LogP contribution is -1.95. The van der Waals surface area contributed by atoms with Gasteiger partial charge in [0, 0.05) is 7.11 Å². The molecule has 11 heavy (non-hydrogen) atoms. The summed E-state index contributed by atoms with van der Waals surface area (Å²) in [5.41, 5.74) is 0. The second-order valence-electron chi connectivity index (χ2n) is 1.30. The van der Waals surface area contributed by atoms with E-state index in [0.717, 1.165) is 7.11 Å². The molecule has 0 aliphatic rings. The summed E-state index contributed by atoms with van der Waals surface area (Å²) in [5, 5.41) is 12.4. The Kier molecular flexibility index (Phi) is 4.12. The van der Waals surface area contributed by atoms with Crippen LogP contribution in [0.1, 0.15) is 0 Å². The Morgan fingerprint density at radius 3 is 2.18 bits per heavy atom. The Balaban J connectivity index is 0.000000461. The molecule has 0 fully saturated rings. The van der Waals surface area contributed by atoms with Crippen LogP contribution in [0.25, 0.3) is 0 Å². The van der Waals surface area contributed by atoms with E-state index in [4.69, 9.17) is 5.11 Å². The van der Waals surface area contributed by atoms with Crippen molar-refractivity contribution in [2.24, 2.45) is 0 Å². The maximum absolute atomic E-state index is 11.9. The second kappa shape index (κ2) is 4.62. The maximum atomic E-state index is 11.9. The summed E-state index contributed by atoms with van der Waals surface area (Å²) in [6, 6.07) is 0. The SMILES string of the molecule is CO.Fc1cnnc(F)c1F. The van der Waals surface area contributed by atoms with Gasteiger partial charge in [-0.15, -0.1) is 5.10 Å². The van der Waals surface area contributed by atoms with Crippen molar-refractivity contribution < 1.29 is 18.3 Å². The van der Waals surface area contributed by atoms with Gasteiger partial charge in [0.2, 0.25) is 5.82 Å². The van der Waals surface area contributed by atoms with Crippen LogP contribution in [0.3, 0.4) is 0 Å². The number of nitrogens with zero attached hydrogens (tertiary/aromatic N) is 2. The Hall–Kier alpha value is -1.17. The van der Waals surface area contributed by atoms with Crippen molar-refractivity contribution in [1.82, 2.24) is 10.2 Å². The van der Waals surface area contributed by atoms with E-state index in [1.807, 2.05) is 0 Å². The first-order valence-corrected chi connectivity index (χ1v) is 2.48. The molecule has 62 valence electrons. The van der Waals surface area contributed by atoms with Gasteiger partial charge in [-0.3, -0.25) is 0 Å². The van der Waals surface area contributed by atoms with E-state index in [9.17, 15) is 13.2 Å². The Bertz CT molecular complexity index is 211. The van der Waals surface area contributed by atoms with Gasteiger partial charge in [0.1, 0.15) is 0 Å². The molecule has 0 spiro atoms. The number of aromatic nitrogens is 2. The van der Waals surface area contributed by atoms with Crippen LogP contribution in [0, 0.1) is 17.6 Å². The molecule has 0 aliphatic carbocycles. The number of aliphatic hydroxyl groups excluding tert-OH is 1. The fourth-order valence-corrected chi connectivity index (χ4v) is 0.329. The first-order valence-electron chi connectivity index (χ1n) is 2.48. The molecule has 0 saturated carbocycles. The fourth-order valence-electron chi connectivity index (χ4n) is 0.329. The Morgan fingerprint density at radius 2 is 1.82 bits per heavy atom. The van der Waals surface area contributed by atoms with Gasteiger partial charge in [0.25, 0.3) is 5.95 Å². The highest BCUT2D eigenvalue weighted by Crippen LogP contribution is 2.03. The quantitative estimate of drug-likeness (QED) is 0.610. The molecule has 1 N–H and O–H groups in total. The Morgan fingerprint density at radius 1 is 1.27 bits per heavy atom. The van der Waals surface area contributed by atoms with Gasteiger partial charge in [0.15, 0.2) is 5.82 Å². The van der Waals surface area contributed by atoms with Crippen molar-refractivity contribution in [3.05, 3.63) is 23.8 Å². The van der Waals surface area contributed by atoms with Gasteiger partial charge in [-0.1, -0.05) is 0 Å². The number of hydrogen-bond acceptors (Lipinski definition) is 3. The third-order valence-electron chi connectivity index (χ3n) is 0.707. The lowest BCUT2D eigenvalue weighted by atomic mass is 10.5. The molecule has 0 aromatic carbocycles. The molecule has 1 heterocycles. The molecule has 3 nitrogen and oxygen atoms in total. The topological polar surface area (TPSA) is 46.0 Å². The average molecular weight is 166 g/mol.